The second-order valence-corrected chi connectivity index (χ2v) is 16.1. The molecule has 5 aliphatic heterocycles. The molecule has 25 atom stereocenters. The number of aliphatic hydroxyl groups is 13. The van der Waals surface area contributed by atoms with Crippen molar-refractivity contribution in [3.05, 3.63) is 0 Å². The Hall–Kier alpha value is -2.47. The molecular weight excluding hydrogens is 874 g/mol. The molecule has 28 nitrogen and oxygen atoms in total. The van der Waals surface area contributed by atoms with Crippen LogP contribution in [0.2, 0.25) is 0 Å². The summed E-state index contributed by atoms with van der Waals surface area (Å²) in [7, 11) is 0. The van der Waals surface area contributed by atoms with Crippen molar-refractivity contribution in [2.75, 3.05) is 26.4 Å². The fourth-order valence-electron chi connectivity index (χ4n) is 8.15. The van der Waals surface area contributed by atoms with Gasteiger partial charge in [0.15, 0.2) is 31.5 Å². The van der Waals surface area contributed by atoms with Crippen LogP contribution in [0, 0.1) is 0 Å². The number of ether oxygens (including phenoxy) is 9. The summed E-state index contributed by atoms with van der Waals surface area (Å²) in [6.07, 6.45) is -40.1. The van der Waals surface area contributed by atoms with Gasteiger partial charge in [0.25, 0.3) is 0 Å². The maximum Gasteiger partial charge on any atom is 0.217 e. The smallest absolute Gasteiger partial charge is 0.217 e. The van der Waals surface area contributed by atoms with Crippen LogP contribution in [0.5, 0.6) is 0 Å². The summed E-state index contributed by atoms with van der Waals surface area (Å²) in [4.78, 5) is 37.2. The van der Waals surface area contributed by atoms with Crippen LogP contribution in [-0.4, -0.2) is 264 Å². The van der Waals surface area contributed by atoms with Gasteiger partial charge in [-0.15, -0.1) is 0 Å². The first kappa shape index (κ1) is 52.5. The number of hydrogen-bond acceptors (Lipinski definition) is 25. The van der Waals surface area contributed by atoms with E-state index in [0.29, 0.717) is 0 Å². The molecule has 5 fully saturated rings. The maximum absolute atomic E-state index is 12.8. The molecule has 5 aliphatic rings. The number of carbonyl (C=O) groups is 3. The zero-order chi connectivity index (χ0) is 47.5. The van der Waals surface area contributed by atoms with Crippen molar-refractivity contribution >= 4 is 17.7 Å². The molecule has 0 bridgehead atoms. The highest BCUT2D eigenvalue weighted by atomic mass is 16.8. The second-order valence-electron chi connectivity index (χ2n) is 16.1. The summed E-state index contributed by atoms with van der Waals surface area (Å²) in [5.41, 5.74) is 0. The van der Waals surface area contributed by atoms with Gasteiger partial charge in [0, 0.05) is 20.8 Å². The van der Waals surface area contributed by atoms with Gasteiger partial charge >= 0.3 is 0 Å². The minimum atomic E-state index is -2.09. The third-order valence-electron chi connectivity index (χ3n) is 11.5. The molecule has 16 N–H and O–H groups in total. The van der Waals surface area contributed by atoms with Gasteiger partial charge < -0.3 is 125 Å². The van der Waals surface area contributed by atoms with Gasteiger partial charge in [0.05, 0.1) is 32.5 Å². The molecule has 28 heteroatoms. The summed E-state index contributed by atoms with van der Waals surface area (Å²) in [5, 5.41) is 147. The monoisotopic (exact) mass is 935 g/mol. The summed E-state index contributed by atoms with van der Waals surface area (Å²) < 4.78 is 53.0. The Morgan fingerprint density at radius 3 is 1.33 bits per heavy atom. The molecule has 0 saturated carbocycles. The quantitative estimate of drug-likeness (QED) is 0.0725. The molecular formula is C36H61N3O25. The Bertz CT molecular complexity index is 1540. The van der Waals surface area contributed by atoms with Gasteiger partial charge in [0.2, 0.25) is 17.7 Å². The highest BCUT2D eigenvalue weighted by Gasteiger charge is 2.58. The highest BCUT2D eigenvalue weighted by molar-refractivity contribution is 5.74. The molecule has 1 unspecified atom stereocenters. The van der Waals surface area contributed by atoms with Gasteiger partial charge in [-0.2, -0.15) is 0 Å². The Labute approximate surface area is 364 Å². The molecule has 5 heterocycles. The molecule has 370 valence electrons. The topological polar surface area (TPSA) is 433 Å². The lowest BCUT2D eigenvalue weighted by Crippen LogP contribution is -2.71. The van der Waals surface area contributed by atoms with Crippen molar-refractivity contribution in [2.45, 2.75) is 181 Å². The second kappa shape index (κ2) is 22.6. The van der Waals surface area contributed by atoms with Crippen LogP contribution in [0.4, 0.5) is 0 Å². The van der Waals surface area contributed by atoms with Crippen molar-refractivity contribution in [1.29, 1.82) is 0 Å². The van der Waals surface area contributed by atoms with Crippen molar-refractivity contribution < 1.29 is 123 Å². The average Bonchev–Trinajstić information content (AvgIpc) is 3.24. The van der Waals surface area contributed by atoms with Crippen molar-refractivity contribution in [3.8, 4) is 0 Å². The lowest BCUT2D eigenvalue weighted by Gasteiger charge is -2.52. The van der Waals surface area contributed by atoms with E-state index < -0.39 is 197 Å². The summed E-state index contributed by atoms with van der Waals surface area (Å²) in [6, 6.07) is -4.94. The standard InChI is InChI=1S/C36H61N3O25/c1-9-20(47)26(53)27(54)35(56-9)64-31-30(63-33-17(37-10(2)44)25(52)21(48)13(5-40)58-33)24(51)16(8-43)60-36(31)62-29-19(39-12(4)46)34(59-15(7-42)23(29)50)61-28-18(38-11(3)45)32(55)57-14(6-41)22(28)49/h9,13-36,40-43,47-55H,5-8H2,1-4H3,(H,37,44)(H,38,45)(H,39,46)/t9-,13+,14+,15+,16+,17+,18+,19+,20+,21-,22-,23+,24-,25+,26+,27-,28+,29+,30-,31+,32?,33+,34-,35-,36-/m0/s1. The highest BCUT2D eigenvalue weighted by Crippen LogP contribution is 2.37. The van der Waals surface area contributed by atoms with E-state index in [1.807, 2.05) is 0 Å². The predicted octanol–water partition coefficient (Wildman–Crippen LogP) is -10.5. The van der Waals surface area contributed by atoms with E-state index in [1.54, 1.807) is 0 Å². The van der Waals surface area contributed by atoms with Crippen LogP contribution < -0.4 is 16.0 Å². The van der Waals surface area contributed by atoms with Gasteiger partial charge in [-0.25, -0.2) is 0 Å². The average molecular weight is 936 g/mol. The Morgan fingerprint density at radius 2 is 0.797 bits per heavy atom. The maximum atomic E-state index is 12.8. The van der Waals surface area contributed by atoms with Gasteiger partial charge in [-0.3, -0.25) is 14.4 Å². The van der Waals surface area contributed by atoms with Crippen LogP contribution >= 0.6 is 0 Å². The van der Waals surface area contributed by atoms with E-state index in [2.05, 4.69) is 16.0 Å². The number of hydrogen-bond donors (Lipinski definition) is 16. The third kappa shape index (κ3) is 11.4. The van der Waals surface area contributed by atoms with Gasteiger partial charge in [-0.1, -0.05) is 0 Å². The van der Waals surface area contributed by atoms with Crippen LogP contribution in [0.15, 0.2) is 0 Å². The largest absolute Gasteiger partial charge is 0.394 e. The van der Waals surface area contributed by atoms with Crippen LogP contribution in [0.1, 0.15) is 27.7 Å². The molecule has 3 amide bonds. The fourth-order valence-corrected chi connectivity index (χ4v) is 8.15. The van der Waals surface area contributed by atoms with Gasteiger partial charge in [-0.05, 0) is 6.92 Å². The Kier molecular flexibility index (Phi) is 18.5. The molecule has 64 heavy (non-hydrogen) atoms. The SMILES string of the molecule is CC(=O)N[C@H]1[C@@H](O[C@H]2[C@@H](O)[C@@H](CO)O[C@@H](O[C@H]3[C@H](O)[C@@H](CO)O[C@@H](O[C@H]4[C@@H](O)[C@@H](CO)OC(O)[C@@H]4NC(C)=O)[C@@H]3NC(C)=O)[C@@H]2O[C@@H]2O[C@@H](C)[C@@H](O)[C@@H](O)[C@@H]2O)O[C@H](CO)[C@H](O)[C@@H]1O. The van der Waals surface area contributed by atoms with E-state index >= 15 is 0 Å². The molecule has 0 spiro atoms. The summed E-state index contributed by atoms with van der Waals surface area (Å²) in [5.74, 6) is -2.33. The van der Waals surface area contributed by atoms with Crippen LogP contribution in [0.25, 0.3) is 0 Å². The normalized spacial score (nSPS) is 47.7. The molecule has 0 aromatic rings. The molecule has 0 aromatic carbocycles. The van der Waals surface area contributed by atoms with Gasteiger partial charge in [0.1, 0.15) is 116 Å². The zero-order valence-electron chi connectivity index (χ0n) is 35.0. The van der Waals surface area contributed by atoms with Crippen molar-refractivity contribution in [3.63, 3.8) is 0 Å². The first-order valence-electron chi connectivity index (χ1n) is 20.4. The minimum Gasteiger partial charge on any atom is -0.394 e. The lowest BCUT2D eigenvalue weighted by atomic mass is 9.93. The van der Waals surface area contributed by atoms with Crippen LogP contribution in [-0.2, 0) is 57.0 Å². The summed E-state index contributed by atoms with van der Waals surface area (Å²) >= 11 is 0. The number of rotatable bonds is 15. The van der Waals surface area contributed by atoms with E-state index in [4.69, 9.17) is 42.6 Å². The Balaban J connectivity index is 1.58. The number of aliphatic hydroxyl groups excluding tert-OH is 13. The number of nitrogens with one attached hydrogen (secondary N) is 3. The van der Waals surface area contributed by atoms with E-state index in [1.165, 1.54) is 6.92 Å². The Morgan fingerprint density at radius 1 is 0.406 bits per heavy atom. The molecule has 0 aliphatic carbocycles. The minimum absolute atomic E-state index is 0.732. The van der Waals surface area contributed by atoms with E-state index in [9.17, 15) is 80.8 Å². The van der Waals surface area contributed by atoms with Crippen molar-refractivity contribution in [1.82, 2.24) is 16.0 Å². The van der Waals surface area contributed by atoms with E-state index in [-0.39, 0.29) is 0 Å². The molecule has 0 aromatic heterocycles. The molecule has 5 rings (SSSR count). The number of carbonyl (C=O) groups excluding carboxylic acids is 3. The number of amides is 3. The van der Waals surface area contributed by atoms with Crippen molar-refractivity contribution in [2.24, 2.45) is 0 Å². The zero-order valence-corrected chi connectivity index (χ0v) is 35.0. The molecule has 0 radical (unpaired) electrons. The fraction of sp³-hybridized carbons (Fsp3) is 0.917. The first-order chi connectivity index (χ1) is 30.2. The third-order valence-corrected chi connectivity index (χ3v) is 11.5. The predicted molar refractivity (Wildman–Crippen MR) is 200 cm³/mol. The molecule has 5 saturated heterocycles. The lowest BCUT2D eigenvalue weighted by molar-refractivity contribution is -0.398. The van der Waals surface area contributed by atoms with Crippen LogP contribution in [0.3, 0.4) is 0 Å². The van der Waals surface area contributed by atoms with E-state index in [0.717, 1.165) is 20.8 Å². The summed E-state index contributed by atoms with van der Waals surface area (Å²) in [6.45, 7) is 0.697. The first-order valence-corrected chi connectivity index (χ1v) is 20.4.